The van der Waals surface area contributed by atoms with Gasteiger partial charge in [0.15, 0.2) is 6.79 Å². The normalized spacial score (nSPS) is 10.4. The van der Waals surface area contributed by atoms with Crippen molar-refractivity contribution in [3.05, 3.63) is 137 Å². The molecule has 0 aliphatic carbocycles. The molecule has 5 aromatic rings. The van der Waals surface area contributed by atoms with Crippen molar-refractivity contribution in [3.8, 4) is 34.5 Å². The molecule has 5 rings (SSSR count). The molecule has 0 unspecified atom stereocenters. The molecular formula is C44H48O12Se. The van der Waals surface area contributed by atoms with Crippen LogP contribution in [0.4, 0.5) is 0 Å². The summed E-state index contributed by atoms with van der Waals surface area (Å²) < 4.78 is 54.5. The van der Waals surface area contributed by atoms with Crippen LogP contribution < -0.4 is 32.9 Å². The van der Waals surface area contributed by atoms with E-state index in [1.165, 1.54) is 32.9 Å². The fourth-order valence-corrected chi connectivity index (χ4v) is 7.16. The van der Waals surface area contributed by atoms with Crippen molar-refractivity contribution in [2.24, 2.45) is 0 Å². The first-order valence-corrected chi connectivity index (χ1v) is 19.7. The average Bonchev–Trinajstić information content (AvgIpc) is 3.25. The van der Waals surface area contributed by atoms with Gasteiger partial charge in [0.2, 0.25) is 0 Å². The Hall–Kier alpha value is -5.72. The van der Waals surface area contributed by atoms with Gasteiger partial charge in [0, 0.05) is 13.2 Å². The third kappa shape index (κ3) is 13.5. The standard InChI is InChI=1S/C25H26O6Se.C19H22O6/c1-27-17-31-23-14-21(30-15-18-9-11-20(28-2)12-10-18)13-19(24(23)25(26)29-3)16-32-22-7-5-4-6-8-22;1-13-9-16(24-11-14-5-7-15(22-3)8-6-14)10-17(25-12-21-2)18(13)19(20)23-4/h4-14H,15-17H2,1-3H3;5-10H,11-12H2,1-4H3. The van der Waals surface area contributed by atoms with E-state index in [0.29, 0.717) is 58.2 Å². The van der Waals surface area contributed by atoms with Gasteiger partial charge in [-0.2, -0.15) is 0 Å². The van der Waals surface area contributed by atoms with E-state index in [9.17, 15) is 9.59 Å². The van der Waals surface area contributed by atoms with Crippen LogP contribution in [0.15, 0.2) is 103 Å². The Kier molecular flexibility index (Phi) is 18.0. The van der Waals surface area contributed by atoms with Crippen molar-refractivity contribution in [2.45, 2.75) is 25.5 Å². The molecule has 0 bridgehead atoms. The summed E-state index contributed by atoms with van der Waals surface area (Å²) in [6.45, 7) is 2.58. The number of ether oxygens (including phenoxy) is 10. The Morgan fingerprint density at radius 1 is 0.526 bits per heavy atom. The minimum absolute atomic E-state index is 0.00912. The molecule has 57 heavy (non-hydrogen) atoms. The first-order chi connectivity index (χ1) is 27.7. The van der Waals surface area contributed by atoms with Gasteiger partial charge in [-0.3, -0.25) is 0 Å². The number of esters is 2. The van der Waals surface area contributed by atoms with E-state index < -0.39 is 11.9 Å². The molecule has 0 radical (unpaired) electrons. The van der Waals surface area contributed by atoms with Crippen molar-refractivity contribution in [2.75, 3.05) is 56.2 Å². The van der Waals surface area contributed by atoms with Crippen LogP contribution in [0, 0.1) is 6.92 Å². The summed E-state index contributed by atoms with van der Waals surface area (Å²) in [7, 11) is 8.99. The van der Waals surface area contributed by atoms with E-state index in [1.54, 1.807) is 39.3 Å². The molecule has 0 aliphatic heterocycles. The summed E-state index contributed by atoms with van der Waals surface area (Å²) in [5.41, 5.74) is 4.27. The fourth-order valence-electron chi connectivity index (χ4n) is 5.27. The van der Waals surface area contributed by atoms with E-state index in [4.69, 9.17) is 47.4 Å². The molecule has 5 aromatic carbocycles. The summed E-state index contributed by atoms with van der Waals surface area (Å²) in [5.74, 6) is 2.60. The monoisotopic (exact) mass is 848 g/mol. The molecule has 0 heterocycles. The molecular weight excluding hydrogens is 799 g/mol. The summed E-state index contributed by atoms with van der Waals surface area (Å²) in [6.07, 6.45) is 0. The number of hydrogen-bond donors (Lipinski definition) is 0. The Bertz CT molecular complexity index is 2000. The Balaban J connectivity index is 0.000000261. The molecule has 0 amide bonds. The second-order valence-corrected chi connectivity index (χ2v) is 14.2. The predicted molar refractivity (Wildman–Crippen MR) is 215 cm³/mol. The van der Waals surface area contributed by atoms with Gasteiger partial charge in [-0.05, 0) is 36.2 Å². The Labute approximate surface area is 340 Å². The summed E-state index contributed by atoms with van der Waals surface area (Å²) in [5, 5.41) is 0.685. The van der Waals surface area contributed by atoms with E-state index in [1.807, 2.05) is 72.8 Å². The van der Waals surface area contributed by atoms with Gasteiger partial charge in [0.05, 0.1) is 14.2 Å². The van der Waals surface area contributed by atoms with Crippen LogP contribution in [0.3, 0.4) is 0 Å². The van der Waals surface area contributed by atoms with Gasteiger partial charge in [-0.25, -0.2) is 4.79 Å². The van der Waals surface area contributed by atoms with Crippen LogP contribution in [0.5, 0.6) is 34.5 Å². The van der Waals surface area contributed by atoms with Gasteiger partial charge in [-0.15, -0.1) is 0 Å². The van der Waals surface area contributed by atoms with Crippen LogP contribution in [-0.4, -0.2) is 83.1 Å². The maximum absolute atomic E-state index is 12.6. The van der Waals surface area contributed by atoms with Crippen molar-refractivity contribution >= 4 is 31.4 Å². The molecule has 0 spiro atoms. The molecule has 13 heteroatoms. The van der Waals surface area contributed by atoms with E-state index >= 15 is 0 Å². The van der Waals surface area contributed by atoms with Gasteiger partial charge in [0.25, 0.3) is 0 Å². The zero-order valence-electron chi connectivity index (χ0n) is 33.2. The minimum atomic E-state index is -0.467. The van der Waals surface area contributed by atoms with Crippen molar-refractivity contribution in [1.82, 2.24) is 0 Å². The fraction of sp³-hybridized carbons (Fsp3) is 0.273. The van der Waals surface area contributed by atoms with Crippen molar-refractivity contribution in [1.29, 1.82) is 0 Å². The molecule has 0 saturated carbocycles. The van der Waals surface area contributed by atoms with Crippen molar-refractivity contribution < 1.29 is 57.0 Å². The first kappa shape index (κ1) is 44.0. The van der Waals surface area contributed by atoms with Crippen LogP contribution in [0.25, 0.3) is 0 Å². The topological polar surface area (TPSA) is 126 Å². The summed E-state index contributed by atoms with van der Waals surface area (Å²) >= 11 is 0.122. The second-order valence-electron chi connectivity index (χ2n) is 12.0. The number of benzene rings is 5. The number of methoxy groups -OCH3 is 6. The van der Waals surface area contributed by atoms with Crippen molar-refractivity contribution in [3.63, 3.8) is 0 Å². The Morgan fingerprint density at radius 2 is 1.00 bits per heavy atom. The zero-order valence-corrected chi connectivity index (χ0v) is 34.9. The van der Waals surface area contributed by atoms with Crippen LogP contribution in [-0.2, 0) is 37.5 Å². The number of aryl methyl sites for hydroxylation is 1. The quantitative estimate of drug-likeness (QED) is 0.0487. The average molecular weight is 848 g/mol. The van der Waals surface area contributed by atoms with Crippen LogP contribution in [0.1, 0.15) is 43.0 Å². The third-order valence-corrected chi connectivity index (χ3v) is 10.4. The SMILES string of the molecule is COCOc1cc(OCc2ccc(OC)cc2)cc(C)c1C(=O)OC.COCOc1cc(OCc2ccc(OC)cc2)cc(C[Se]c2ccccc2)c1C(=O)OC. The van der Waals surface area contributed by atoms with Gasteiger partial charge in [0.1, 0.15) is 29.4 Å². The molecule has 0 aromatic heterocycles. The molecule has 0 fully saturated rings. The van der Waals surface area contributed by atoms with E-state index in [2.05, 4.69) is 12.1 Å². The van der Waals surface area contributed by atoms with Crippen LogP contribution in [0.2, 0.25) is 0 Å². The molecule has 0 saturated heterocycles. The zero-order chi connectivity index (χ0) is 41.0. The third-order valence-electron chi connectivity index (χ3n) is 8.14. The molecule has 0 atom stereocenters. The molecule has 0 N–H and O–H groups in total. The second kappa shape index (κ2) is 23.4. The van der Waals surface area contributed by atoms with Gasteiger partial charge in [-0.1, -0.05) is 12.1 Å². The Morgan fingerprint density at radius 3 is 1.47 bits per heavy atom. The number of carbonyl (C=O) groups is 2. The summed E-state index contributed by atoms with van der Waals surface area (Å²) in [4.78, 5) is 24.6. The molecule has 12 nitrogen and oxygen atoms in total. The molecule has 302 valence electrons. The van der Waals surface area contributed by atoms with E-state index in [0.717, 1.165) is 28.2 Å². The maximum atomic E-state index is 12.6. The number of rotatable bonds is 19. The van der Waals surface area contributed by atoms with E-state index in [-0.39, 0.29) is 28.5 Å². The number of carbonyl (C=O) groups excluding carboxylic acids is 2. The van der Waals surface area contributed by atoms with Gasteiger partial charge < -0.3 is 23.7 Å². The molecule has 0 aliphatic rings. The summed E-state index contributed by atoms with van der Waals surface area (Å²) in [6, 6.07) is 32.5. The van der Waals surface area contributed by atoms with Crippen LogP contribution >= 0.6 is 0 Å². The number of hydrogen-bond acceptors (Lipinski definition) is 12. The predicted octanol–water partition coefficient (Wildman–Crippen LogP) is 6.93. The first-order valence-electron chi connectivity index (χ1n) is 17.6. The van der Waals surface area contributed by atoms with Gasteiger partial charge >= 0.3 is 201 Å².